The maximum Gasteiger partial charge on any atom is 0.261 e. The summed E-state index contributed by atoms with van der Waals surface area (Å²) in [5.41, 5.74) is 0.262. The fraction of sp³-hybridized carbons (Fsp3) is 0.467. The quantitative estimate of drug-likeness (QED) is 0.901. The highest BCUT2D eigenvalue weighted by Gasteiger charge is 2.40. The molecule has 1 aromatic carbocycles. The molecule has 0 atom stereocenters. The van der Waals surface area contributed by atoms with E-state index in [1.54, 1.807) is 18.7 Å². The molecule has 0 aliphatic carbocycles. The van der Waals surface area contributed by atoms with Crippen LogP contribution < -0.4 is 10.1 Å². The van der Waals surface area contributed by atoms with Crippen molar-refractivity contribution in [3.05, 3.63) is 28.2 Å². The smallest absolute Gasteiger partial charge is 0.261 e. The normalized spacial score (nSPS) is 17.3. The lowest BCUT2D eigenvalue weighted by molar-refractivity contribution is -0.150. The maximum absolute atomic E-state index is 12.3. The highest BCUT2D eigenvalue weighted by Crippen LogP contribution is 2.26. The molecular formula is C15H19BrN2O3. The van der Waals surface area contributed by atoms with Crippen LogP contribution in [0.3, 0.4) is 0 Å². The lowest BCUT2D eigenvalue weighted by Gasteiger charge is -2.41. The van der Waals surface area contributed by atoms with Gasteiger partial charge in [0.2, 0.25) is 5.91 Å². The van der Waals surface area contributed by atoms with Crippen LogP contribution >= 0.6 is 15.9 Å². The molecule has 2 amide bonds. The number of amides is 2. The molecule has 1 aliphatic rings. The Kier molecular flexibility index (Phi) is 4.56. The molecule has 0 radical (unpaired) electrons. The van der Waals surface area contributed by atoms with Gasteiger partial charge < -0.3 is 15.0 Å². The summed E-state index contributed by atoms with van der Waals surface area (Å²) in [6.07, 6.45) is 0. The van der Waals surface area contributed by atoms with Gasteiger partial charge in [0.25, 0.3) is 5.91 Å². The Bertz CT molecular complexity index is 572. The lowest BCUT2D eigenvalue weighted by Crippen LogP contribution is -2.64. The van der Waals surface area contributed by atoms with Gasteiger partial charge in [-0.3, -0.25) is 9.59 Å². The Labute approximate surface area is 132 Å². The Morgan fingerprint density at radius 2 is 2.19 bits per heavy atom. The monoisotopic (exact) mass is 354 g/mol. The number of piperazine rings is 1. The van der Waals surface area contributed by atoms with Crippen LogP contribution in [-0.2, 0) is 9.59 Å². The maximum atomic E-state index is 12.3. The number of aryl methyl sites for hydroxylation is 1. The Morgan fingerprint density at radius 1 is 1.48 bits per heavy atom. The summed E-state index contributed by atoms with van der Waals surface area (Å²) >= 11 is 3.41. The number of nitrogens with zero attached hydrogens (tertiary/aromatic N) is 1. The summed E-state index contributed by atoms with van der Waals surface area (Å²) in [7, 11) is 0. The number of nitrogens with one attached hydrogen (secondary N) is 1. The van der Waals surface area contributed by atoms with Crippen LogP contribution in [-0.4, -0.2) is 41.9 Å². The van der Waals surface area contributed by atoms with E-state index in [2.05, 4.69) is 21.2 Å². The first-order chi connectivity index (χ1) is 9.82. The molecule has 1 saturated heterocycles. The molecule has 1 fully saturated rings. The third kappa shape index (κ3) is 3.37. The number of carbonyl (C=O) groups is 2. The molecule has 21 heavy (non-hydrogen) atoms. The number of hydrogen-bond acceptors (Lipinski definition) is 3. The van der Waals surface area contributed by atoms with Gasteiger partial charge in [-0.15, -0.1) is 0 Å². The van der Waals surface area contributed by atoms with Gasteiger partial charge in [0.15, 0.2) is 6.61 Å². The summed E-state index contributed by atoms with van der Waals surface area (Å²) in [4.78, 5) is 25.7. The minimum atomic E-state index is -0.844. The van der Waals surface area contributed by atoms with E-state index >= 15 is 0 Å². The Morgan fingerprint density at radius 3 is 2.86 bits per heavy atom. The van der Waals surface area contributed by atoms with Crippen molar-refractivity contribution in [2.24, 2.45) is 0 Å². The van der Waals surface area contributed by atoms with Gasteiger partial charge >= 0.3 is 0 Å². The molecule has 1 aromatic rings. The van der Waals surface area contributed by atoms with E-state index in [4.69, 9.17) is 4.74 Å². The second-order valence-corrected chi connectivity index (χ2v) is 6.44. The summed E-state index contributed by atoms with van der Waals surface area (Å²) in [5, 5.41) is 2.77. The second kappa shape index (κ2) is 6.05. The van der Waals surface area contributed by atoms with Gasteiger partial charge in [-0.2, -0.15) is 0 Å². The predicted molar refractivity (Wildman–Crippen MR) is 83.2 cm³/mol. The van der Waals surface area contributed by atoms with E-state index in [0.717, 1.165) is 10.0 Å². The third-order valence-corrected chi connectivity index (χ3v) is 4.21. The topological polar surface area (TPSA) is 58.6 Å². The molecule has 0 unspecified atom stereocenters. The van der Waals surface area contributed by atoms with Crippen LogP contribution in [0.5, 0.6) is 5.75 Å². The van der Waals surface area contributed by atoms with Crippen LogP contribution in [0.4, 0.5) is 0 Å². The van der Waals surface area contributed by atoms with Crippen LogP contribution in [0.15, 0.2) is 22.7 Å². The number of carbonyl (C=O) groups excluding carboxylic acids is 2. The first-order valence-electron chi connectivity index (χ1n) is 6.80. The van der Waals surface area contributed by atoms with Crippen LogP contribution in [0.25, 0.3) is 0 Å². The summed E-state index contributed by atoms with van der Waals surface area (Å²) in [5.74, 6) is 0.286. The zero-order valence-electron chi connectivity index (χ0n) is 12.4. The van der Waals surface area contributed by atoms with Gasteiger partial charge in [0.05, 0.1) is 4.47 Å². The molecule has 6 heteroatoms. The minimum Gasteiger partial charge on any atom is -0.483 e. The highest BCUT2D eigenvalue weighted by molar-refractivity contribution is 9.10. The van der Waals surface area contributed by atoms with Crippen molar-refractivity contribution >= 4 is 27.7 Å². The first kappa shape index (κ1) is 15.8. The summed E-state index contributed by atoms with van der Waals surface area (Å²) < 4.78 is 6.38. The fourth-order valence-electron chi connectivity index (χ4n) is 2.28. The molecular weight excluding hydrogens is 336 g/mol. The van der Waals surface area contributed by atoms with Crippen molar-refractivity contribution in [3.8, 4) is 5.75 Å². The molecule has 1 aliphatic heterocycles. The summed E-state index contributed by atoms with van der Waals surface area (Å²) in [6, 6.07) is 5.67. The van der Waals surface area contributed by atoms with Crippen molar-refractivity contribution in [1.82, 2.24) is 10.2 Å². The van der Waals surface area contributed by atoms with Crippen molar-refractivity contribution in [2.75, 3.05) is 19.7 Å². The molecule has 1 N–H and O–H groups in total. The van der Waals surface area contributed by atoms with Gasteiger partial charge in [0.1, 0.15) is 11.3 Å². The van der Waals surface area contributed by atoms with Gasteiger partial charge in [-0.25, -0.2) is 0 Å². The van der Waals surface area contributed by atoms with E-state index in [9.17, 15) is 9.59 Å². The van der Waals surface area contributed by atoms with E-state index in [0.29, 0.717) is 18.8 Å². The fourth-order valence-corrected chi connectivity index (χ4v) is 2.88. The Balaban J connectivity index is 2.03. The lowest BCUT2D eigenvalue weighted by atomic mass is 9.99. The second-order valence-electron chi connectivity index (χ2n) is 5.58. The average Bonchev–Trinajstić information content (AvgIpc) is 2.40. The minimum absolute atomic E-state index is 0.0849. The average molecular weight is 355 g/mol. The van der Waals surface area contributed by atoms with Crippen molar-refractivity contribution in [1.29, 1.82) is 0 Å². The number of halogens is 1. The van der Waals surface area contributed by atoms with E-state index in [1.165, 1.54) is 0 Å². The Hall–Kier alpha value is -1.56. The van der Waals surface area contributed by atoms with Gasteiger partial charge in [0, 0.05) is 13.1 Å². The van der Waals surface area contributed by atoms with Gasteiger partial charge in [-0.1, -0.05) is 6.07 Å². The highest BCUT2D eigenvalue weighted by atomic mass is 79.9. The SMILES string of the molecule is Cc1ccc(OCC(=O)N2CCNC(=O)C2(C)C)c(Br)c1. The van der Waals surface area contributed by atoms with Gasteiger partial charge in [-0.05, 0) is 54.4 Å². The molecule has 0 aromatic heterocycles. The molecule has 2 rings (SSSR count). The number of rotatable bonds is 3. The largest absolute Gasteiger partial charge is 0.483 e. The van der Waals surface area contributed by atoms with Crippen molar-refractivity contribution in [3.63, 3.8) is 0 Å². The van der Waals surface area contributed by atoms with Crippen molar-refractivity contribution < 1.29 is 14.3 Å². The standard InChI is InChI=1S/C15H19BrN2O3/c1-10-4-5-12(11(16)8-10)21-9-13(19)18-7-6-17-14(20)15(18,2)3/h4-5,8H,6-7,9H2,1-3H3,(H,17,20). The molecule has 0 bridgehead atoms. The van der Waals surface area contributed by atoms with Crippen LogP contribution in [0, 0.1) is 6.92 Å². The van der Waals surface area contributed by atoms with E-state index in [-0.39, 0.29) is 18.4 Å². The zero-order valence-corrected chi connectivity index (χ0v) is 14.0. The first-order valence-corrected chi connectivity index (χ1v) is 7.59. The molecule has 0 saturated carbocycles. The number of hydrogen-bond donors (Lipinski definition) is 1. The molecule has 114 valence electrons. The molecule has 0 spiro atoms. The third-order valence-electron chi connectivity index (χ3n) is 3.59. The van der Waals surface area contributed by atoms with E-state index in [1.807, 2.05) is 25.1 Å². The molecule has 5 nitrogen and oxygen atoms in total. The van der Waals surface area contributed by atoms with Crippen molar-refractivity contribution in [2.45, 2.75) is 26.3 Å². The number of benzene rings is 1. The van der Waals surface area contributed by atoms with Crippen LogP contribution in [0.1, 0.15) is 19.4 Å². The van der Waals surface area contributed by atoms with Crippen LogP contribution in [0.2, 0.25) is 0 Å². The predicted octanol–water partition coefficient (Wildman–Crippen LogP) is 1.87. The molecule has 1 heterocycles. The summed E-state index contributed by atoms with van der Waals surface area (Å²) in [6.45, 7) is 6.34. The zero-order chi connectivity index (χ0) is 15.6. The van der Waals surface area contributed by atoms with E-state index < -0.39 is 5.54 Å². The number of ether oxygens (including phenoxy) is 1.